The molecule has 1 atom stereocenters. The van der Waals surface area contributed by atoms with E-state index >= 15 is 0 Å². The van der Waals surface area contributed by atoms with Gasteiger partial charge in [-0.3, -0.25) is 9.58 Å². The molecule has 0 spiro atoms. The highest BCUT2D eigenvalue weighted by Gasteiger charge is 2.35. The van der Waals surface area contributed by atoms with E-state index in [0.717, 1.165) is 6.07 Å². The number of hydrogen-bond acceptors (Lipinski definition) is 4. The molecule has 8 heteroatoms. The number of aromatic nitrogens is 2. The Morgan fingerprint density at radius 2 is 2.26 bits per heavy atom. The molecule has 5 nitrogen and oxygen atoms in total. The predicted octanol–water partition coefficient (Wildman–Crippen LogP) is 0.632. The monoisotopic (exact) mass is 279 g/mol. The minimum Gasteiger partial charge on any atom is -0.395 e. The van der Waals surface area contributed by atoms with E-state index in [-0.39, 0.29) is 12.6 Å². The summed E-state index contributed by atoms with van der Waals surface area (Å²) in [7, 11) is 1.49. The van der Waals surface area contributed by atoms with Crippen molar-refractivity contribution in [1.29, 1.82) is 0 Å². The highest BCUT2D eigenvalue weighted by molar-refractivity contribution is 5.13. The third-order valence-electron chi connectivity index (χ3n) is 3.19. The Kier molecular flexibility index (Phi) is 4.12. The Labute approximate surface area is 108 Å². The summed E-state index contributed by atoms with van der Waals surface area (Å²) in [6.45, 7) is 1.72. The van der Waals surface area contributed by atoms with E-state index in [9.17, 15) is 18.3 Å². The maximum absolute atomic E-state index is 12.6. The van der Waals surface area contributed by atoms with E-state index in [1.54, 1.807) is 0 Å². The van der Waals surface area contributed by atoms with Crippen LogP contribution in [0.2, 0.25) is 0 Å². The fourth-order valence-corrected chi connectivity index (χ4v) is 2.07. The van der Waals surface area contributed by atoms with Crippen molar-refractivity contribution in [2.45, 2.75) is 18.8 Å². The first-order valence-corrected chi connectivity index (χ1v) is 5.94. The Morgan fingerprint density at radius 1 is 1.53 bits per heavy atom. The molecule has 0 aliphatic carbocycles. The van der Waals surface area contributed by atoms with Crippen molar-refractivity contribution in [3.63, 3.8) is 0 Å². The SMILES string of the molecule is Cn1nc(C(F)(F)F)cc1CN1CCOC[C@H]1CO. The van der Waals surface area contributed by atoms with Gasteiger partial charge in [-0.1, -0.05) is 0 Å². The van der Waals surface area contributed by atoms with Crippen LogP contribution >= 0.6 is 0 Å². The number of ether oxygens (including phenoxy) is 1. The third-order valence-corrected chi connectivity index (χ3v) is 3.19. The number of hydrogen-bond donors (Lipinski definition) is 1. The zero-order valence-corrected chi connectivity index (χ0v) is 10.5. The van der Waals surface area contributed by atoms with Crippen LogP contribution in [-0.4, -0.2) is 52.2 Å². The molecule has 1 aliphatic rings. The molecule has 0 unspecified atom stereocenters. The largest absolute Gasteiger partial charge is 0.435 e. The molecule has 1 aliphatic heterocycles. The highest BCUT2D eigenvalue weighted by atomic mass is 19.4. The molecule has 0 aromatic carbocycles. The molecule has 1 aromatic rings. The number of rotatable bonds is 3. The zero-order chi connectivity index (χ0) is 14.0. The minimum atomic E-state index is -4.43. The summed E-state index contributed by atoms with van der Waals surface area (Å²) in [6, 6.07) is 0.863. The topological polar surface area (TPSA) is 50.5 Å². The maximum Gasteiger partial charge on any atom is 0.435 e. The number of alkyl halides is 3. The number of morpholine rings is 1. The molecule has 19 heavy (non-hydrogen) atoms. The number of nitrogens with zero attached hydrogens (tertiary/aromatic N) is 3. The van der Waals surface area contributed by atoms with Crippen molar-refractivity contribution in [2.24, 2.45) is 7.05 Å². The summed E-state index contributed by atoms with van der Waals surface area (Å²) in [6.07, 6.45) is -4.43. The van der Waals surface area contributed by atoms with Crippen LogP contribution < -0.4 is 0 Å². The first-order chi connectivity index (χ1) is 8.91. The molecule has 1 aromatic heterocycles. The average Bonchev–Trinajstić information content (AvgIpc) is 2.72. The molecule has 1 saturated heterocycles. The van der Waals surface area contributed by atoms with E-state index in [0.29, 0.717) is 32.0 Å². The van der Waals surface area contributed by atoms with Crippen LogP contribution in [0.3, 0.4) is 0 Å². The van der Waals surface area contributed by atoms with Gasteiger partial charge in [0.25, 0.3) is 0 Å². The number of aliphatic hydroxyl groups excluding tert-OH is 1. The molecule has 2 heterocycles. The second-order valence-electron chi connectivity index (χ2n) is 4.52. The number of halogens is 3. The lowest BCUT2D eigenvalue weighted by Gasteiger charge is -2.34. The van der Waals surface area contributed by atoms with Crippen LogP contribution in [0.25, 0.3) is 0 Å². The maximum atomic E-state index is 12.6. The molecule has 108 valence electrons. The standard InChI is InChI=1S/C11H16F3N3O2/c1-16-8(4-10(15-16)11(12,13)14)5-17-2-3-19-7-9(17)6-18/h4,9,18H,2-3,5-7H2,1H3/t9-/m1/s1. The van der Waals surface area contributed by atoms with Gasteiger partial charge >= 0.3 is 6.18 Å². The van der Waals surface area contributed by atoms with Gasteiger partial charge in [0, 0.05) is 20.1 Å². The van der Waals surface area contributed by atoms with Gasteiger partial charge in [0.1, 0.15) is 0 Å². The second kappa shape index (κ2) is 5.48. The van der Waals surface area contributed by atoms with Crippen molar-refractivity contribution < 1.29 is 23.0 Å². The third kappa shape index (κ3) is 3.26. The Hall–Kier alpha value is -1.12. The molecule has 0 amide bonds. The Morgan fingerprint density at radius 3 is 2.84 bits per heavy atom. The Balaban J connectivity index is 2.12. The van der Waals surface area contributed by atoms with Crippen molar-refractivity contribution in [1.82, 2.24) is 14.7 Å². The molecular weight excluding hydrogens is 263 g/mol. The van der Waals surface area contributed by atoms with E-state index in [2.05, 4.69) is 5.10 Å². The van der Waals surface area contributed by atoms with Crippen LogP contribution in [0.5, 0.6) is 0 Å². The van der Waals surface area contributed by atoms with E-state index < -0.39 is 11.9 Å². The summed E-state index contributed by atoms with van der Waals surface area (Å²) in [5.74, 6) is 0. The van der Waals surface area contributed by atoms with Crippen LogP contribution in [0.15, 0.2) is 6.07 Å². The van der Waals surface area contributed by atoms with Crippen LogP contribution in [0.4, 0.5) is 13.2 Å². The highest BCUT2D eigenvalue weighted by Crippen LogP contribution is 2.28. The first-order valence-electron chi connectivity index (χ1n) is 5.94. The van der Waals surface area contributed by atoms with Gasteiger partial charge in [0.2, 0.25) is 0 Å². The molecular formula is C11H16F3N3O2. The lowest BCUT2D eigenvalue weighted by atomic mass is 10.2. The van der Waals surface area contributed by atoms with Gasteiger partial charge in [-0.05, 0) is 6.07 Å². The summed E-state index contributed by atoms with van der Waals surface area (Å²) in [5.41, 5.74) is -0.425. The van der Waals surface area contributed by atoms with Gasteiger partial charge in [-0.25, -0.2) is 0 Å². The zero-order valence-electron chi connectivity index (χ0n) is 10.5. The second-order valence-corrected chi connectivity index (χ2v) is 4.52. The van der Waals surface area contributed by atoms with Crippen LogP contribution in [0, 0.1) is 0 Å². The molecule has 0 saturated carbocycles. The van der Waals surface area contributed by atoms with E-state index in [4.69, 9.17) is 4.74 Å². The summed E-state index contributed by atoms with van der Waals surface area (Å²) >= 11 is 0. The van der Waals surface area contributed by atoms with Gasteiger partial charge in [0.05, 0.1) is 31.6 Å². The molecule has 1 fully saturated rings. The fourth-order valence-electron chi connectivity index (χ4n) is 2.07. The quantitative estimate of drug-likeness (QED) is 0.882. The van der Waals surface area contributed by atoms with Gasteiger partial charge in [-0.2, -0.15) is 18.3 Å². The predicted molar refractivity (Wildman–Crippen MR) is 60.3 cm³/mol. The van der Waals surface area contributed by atoms with Gasteiger partial charge < -0.3 is 9.84 Å². The normalized spacial score (nSPS) is 21.8. The fraction of sp³-hybridized carbons (Fsp3) is 0.727. The summed E-state index contributed by atoms with van der Waals surface area (Å²) in [5, 5.41) is 12.7. The molecule has 1 N–H and O–H groups in total. The van der Waals surface area contributed by atoms with Crippen molar-refractivity contribution in [2.75, 3.05) is 26.4 Å². The van der Waals surface area contributed by atoms with Crippen LogP contribution in [0.1, 0.15) is 11.4 Å². The summed E-state index contributed by atoms with van der Waals surface area (Å²) in [4.78, 5) is 1.90. The smallest absolute Gasteiger partial charge is 0.395 e. The molecule has 0 bridgehead atoms. The lowest BCUT2D eigenvalue weighted by Crippen LogP contribution is -2.47. The van der Waals surface area contributed by atoms with Gasteiger partial charge in [0.15, 0.2) is 5.69 Å². The molecule has 0 radical (unpaired) electrons. The van der Waals surface area contributed by atoms with E-state index in [1.165, 1.54) is 11.7 Å². The van der Waals surface area contributed by atoms with E-state index in [1.807, 2.05) is 4.90 Å². The van der Waals surface area contributed by atoms with Crippen molar-refractivity contribution in [3.8, 4) is 0 Å². The minimum absolute atomic E-state index is 0.0794. The summed E-state index contributed by atoms with van der Waals surface area (Å²) < 4.78 is 44.1. The van der Waals surface area contributed by atoms with Crippen molar-refractivity contribution >= 4 is 0 Å². The Bertz CT molecular complexity index is 433. The number of aryl methyl sites for hydroxylation is 1. The van der Waals surface area contributed by atoms with Gasteiger partial charge in [-0.15, -0.1) is 0 Å². The van der Waals surface area contributed by atoms with Crippen molar-refractivity contribution in [3.05, 3.63) is 17.5 Å². The lowest BCUT2D eigenvalue weighted by molar-refractivity contribution is -0.141. The molecule has 2 rings (SSSR count). The number of aliphatic hydroxyl groups is 1. The van der Waals surface area contributed by atoms with Crippen LogP contribution in [-0.2, 0) is 24.5 Å². The first kappa shape index (κ1) is 14.3. The average molecular weight is 279 g/mol.